The van der Waals surface area contributed by atoms with Gasteiger partial charge in [-0.3, -0.25) is 14.6 Å². The molecule has 168 valence electrons. The summed E-state index contributed by atoms with van der Waals surface area (Å²) in [5.74, 6) is -0.00858. The summed E-state index contributed by atoms with van der Waals surface area (Å²) in [6.07, 6.45) is 0. The summed E-state index contributed by atoms with van der Waals surface area (Å²) in [5.41, 5.74) is 3.11. The maximum absolute atomic E-state index is 13.1. The number of hydrogen-bond acceptors (Lipinski definition) is 4. The molecular formula is C26H38N4O. The minimum Gasteiger partial charge on any atom is -0.344 e. The van der Waals surface area contributed by atoms with Crippen molar-refractivity contribution in [1.82, 2.24) is 20.0 Å². The molecule has 1 amide bonds. The summed E-state index contributed by atoms with van der Waals surface area (Å²) in [4.78, 5) is 20.3. The van der Waals surface area contributed by atoms with Crippen molar-refractivity contribution in [2.75, 3.05) is 46.3 Å². The third kappa shape index (κ3) is 6.89. The quantitative estimate of drug-likeness (QED) is 0.670. The number of amides is 1. The van der Waals surface area contributed by atoms with E-state index in [4.69, 9.17) is 0 Å². The van der Waals surface area contributed by atoms with Gasteiger partial charge in [-0.2, -0.15) is 0 Å². The van der Waals surface area contributed by atoms with E-state index in [2.05, 4.69) is 72.1 Å². The van der Waals surface area contributed by atoms with E-state index in [9.17, 15) is 4.79 Å². The minimum atomic E-state index is -0.0201. The first kappa shape index (κ1) is 23.5. The number of nitrogens with one attached hydrogen (secondary N) is 1. The molecule has 1 atom stereocenters. The standard InChI is InChI=1S/C26H38N4O/c1-5-30(21(2)3)19-22-11-13-24(14-12-22)26(31)27-25(23-9-7-6-8-10-23)20-29-17-15-28(4)16-18-29/h6-14,21,25H,5,15-20H2,1-4H3,(H,27,31). The van der Waals surface area contributed by atoms with Crippen LogP contribution in [0.4, 0.5) is 0 Å². The molecule has 0 spiro atoms. The molecule has 5 nitrogen and oxygen atoms in total. The highest BCUT2D eigenvalue weighted by Crippen LogP contribution is 2.17. The largest absolute Gasteiger partial charge is 0.344 e. The van der Waals surface area contributed by atoms with Gasteiger partial charge in [0.1, 0.15) is 0 Å². The van der Waals surface area contributed by atoms with Gasteiger partial charge in [-0.1, -0.05) is 49.4 Å². The zero-order chi connectivity index (χ0) is 22.2. The zero-order valence-corrected chi connectivity index (χ0v) is 19.6. The lowest BCUT2D eigenvalue weighted by atomic mass is 10.0. The predicted octanol–water partition coefficient (Wildman–Crippen LogP) is 3.64. The summed E-state index contributed by atoms with van der Waals surface area (Å²) in [5, 5.41) is 3.29. The lowest BCUT2D eigenvalue weighted by Crippen LogP contribution is -2.47. The van der Waals surface area contributed by atoms with Crippen LogP contribution in [-0.4, -0.2) is 73.0 Å². The van der Waals surface area contributed by atoms with Crippen LogP contribution in [0.2, 0.25) is 0 Å². The number of nitrogens with zero attached hydrogens (tertiary/aromatic N) is 3. The second-order valence-electron chi connectivity index (χ2n) is 8.89. The monoisotopic (exact) mass is 422 g/mol. The molecule has 0 aliphatic carbocycles. The normalized spacial score (nSPS) is 16.6. The van der Waals surface area contributed by atoms with Crippen molar-refractivity contribution in [3.05, 3.63) is 71.3 Å². The van der Waals surface area contributed by atoms with Crippen LogP contribution >= 0.6 is 0 Å². The molecule has 1 N–H and O–H groups in total. The fourth-order valence-corrected chi connectivity index (χ4v) is 4.11. The number of hydrogen-bond donors (Lipinski definition) is 1. The predicted molar refractivity (Wildman–Crippen MR) is 128 cm³/mol. The molecule has 31 heavy (non-hydrogen) atoms. The number of carbonyl (C=O) groups excluding carboxylic acids is 1. The second kappa shape index (κ2) is 11.4. The summed E-state index contributed by atoms with van der Waals surface area (Å²) >= 11 is 0. The van der Waals surface area contributed by atoms with Crippen molar-refractivity contribution in [3.8, 4) is 0 Å². The van der Waals surface area contributed by atoms with Crippen molar-refractivity contribution >= 4 is 5.91 Å². The van der Waals surface area contributed by atoms with Crippen molar-refractivity contribution in [2.24, 2.45) is 0 Å². The first-order chi connectivity index (χ1) is 15.0. The van der Waals surface area contributed by atoms with Crippen LogP contribution in [-0.2, 0) is 6.54 Å². The van der Waals surface area contributed by atoms with Gasteiger partial charge >= 0.3 is 0 Å². The molecule has 0 radical (unpaired) electrons. The van der Waals surface area contributed by atoms with Crippen molar-refractivity contribution < 1.29 is 4.79 Å². The second-order valence-corrected chi connectivity index (χ2v) is 8.89. The Kier molecular flexibility index (Phi) is 8.64. The molecule has 1 aliphatic rings. The van der Waals surface area contributed by atoms with Crippen LogP contribution in [0, 0.1) is 0 Å². The third-order valence-electron chi connectivity index (χ3n) is 6.28. The number of rotatable bonds is 9. The Balaban J connectivity index is 1.67. The van der Waals surface area contributed by atoms with Crippen molar-refractivity contribution in [1.29, 1.82) is 0 Å². The Morgan fingerprint density at radius 2 is 1.65 bits per heavy atom. The molecule has 1 heterocycles. The number of piperazine rings is 1. The number of likely N-dealkylation sites (N-methyl/N-ethyl adjacent to an activating group) is 1. The van der Waals surface area contributed by atoms with Gasteiger partial charge in [0, 0.05) is 50.9 Å². The van der Waals surface area contributed by atoms with Crippen molar-refractivity contribution in [2.45, 2.75) is 39.4 Å². The van der Waals surface area contributed by atoms with Crippen LogP contribution in [0.1, 0.15) is 48.3 Å². The van der Waals surface area contributed by atoms with Gasteiger partial charge in [-0.05, 0) is 50.7 Å². The molecule has 5 heteroatoms. The van der Waals surface area contributed by atoms with Gasteiger partial charge in [0.2, 0.25) is 0 Å². The molecule has 1 aliphatic heterocycles. The smallest absolute Gasteiger partial charge is 0.251 e. The maximum atomic E-state index is 13.1. The van der Waals surface area contributed by atoms with Crippen LogP contribution in [0.5, 0.6) is 0 Å². The molecular weight excluding hydrogens is 384 g/mol. The van der Waals surface area contributed by atoms with E-state index < -0.39 is 0 Å². The van der Waals surface area contributed by atoms with E-state index in [1.807, 2.05) is 30.3 Å². The first-order valence-corrected chi connectivity index (χ1v) is 11.6. The van der Waals surface area contributed by atoms with E-state index in [0.29, 0.717) is 6.04 Å². The van der Waals surface area contributed by atoms with Gasteiger partial charge in [-0.15, -0.1) is 0 Å². The fourth-order valence-electron chi connectivity index (χ4n) is 4.11. The molecule has 0 saturated carbocycles. The van der Waals surface area contributed by atoms with Crippen LogP contribution in [0.25, 0.3) is 0 Å². The van der Waals surface area contributed by atoms with E-state index in [1.165, 1.54) is 5.56 Å². The Hall–Kier alpha value is -2.21. The number of benzene rings is 2. The van der Waals surface area contributed by atoms with Crippen LogP contribution < -0.4 is 5.32 Å². The molecule has 1 fully saturated rings. The van der Waals surface area contributed by atoms with Gasteiger partial charge < -0.3 is 10.2 Å². The van der Waals surface area contributed by atoms with Gasteiger partial charge in [0.05, 0.1) is 6.04 Å². The fraction of sp³-hybridized carbons (Fsp3) is 0.500. The lowest BCUT2D eigenvalue weighted by Gasteiger charge is -2.35. The number of carbonyl (C=O) groups is 1. The van der Waals surface area contributed by atoms with Gasteiger partial charge in [-0.25, -0.2) is 0 Å². The summed E-state index contributed by atoms with van der Waals surface area (Å²) in [7, 11) is 2.17. The zero-order valence-electron chi connectivity index (χ0n) is 19.6. The highest BCUT2D eigenvalue weighted by molar-refractivity contribution is 5.94. The van der Waals surface area contributed by atoms with E-state index in [-0.39, 0.29) is 11.9 Å². The molecule has 2 aromatic rings. The van der Waals surface area contributed by atoms with Gasteiger partial charge in [0.25, 0.3) is 5.91 Å². The highest BCUT2D eigenvalue weighted by atomic mass is 16.1. The van der Waals surface area contributed by atoms with Gasteiger partial charge in [0.15, 0.2) is 0 Å². The molecule has 2 aromatic carbocycles. The summed E-state index contributed by atoms with van der Waals surface area (Å²) < 4.78 is 0. The maximum Gasteiger partial charge on any atom is 0.251 e. The molecule has 0 aromatic heterocycles. The summed E-state index contributed by atoms with van der Waals surface area (Å²) in [6.45, 7) is 13.6. The Morgan fingerprint density at radius 3 is 2.23 bits per heavy atom. The average molecular weight is 423 g/mol. The van der Waals surface area contributed by atoms with Crippen molar-refractivity contribution in [3.63, 3.8) is 0 Å². The topological polar surface area (TPSA) is 38.8 Å². The summed E-state index contributed by atoms with van der Waals surface area (Å²) in [6, 6.07) is 18.9. The Labute approximate surface area is 188 Å². The average Bonchev–Trinajstić information content (AvgIpc) is 2.79. The highest BCUT2D eigenvalue weighted by Gasteiger charge is 2.21. The lowest BCUT2D eigenvalue weighted by molar-refractivity contribution is 0.0907. The van der Waals surface area contributed by atoms with E-state index >= 15 is 0 Å². The first-order valence-electron chi connectivity index (χ1n) is 11.6. The minimum absolute atomic E-state index is 0.00858. The molecule has 1 unspecified atom stereocenters. The Morgan fingerprint density at radius 1 is 1.00 bits per heavy atom. The molecule has 0 bridgehead atoms. The van der Waals surface area contributed by atoms with Crippen LogP contribution in [0.15, 0.2) is 54.6 Å². The molecule has 1 saturated heterocycles. The molecule has 3 rings (SSSR count). The SMILES string of the molecule is CCN(Cc1ccc(C(=O)NC(CN2CCN(C)CC2)c2ccccc2)cc1)C(C)C. The Bertz CT molecular complexity index is 798. The van der Waals surface area contributed by atoms with Crippen LogP contribution in [0.3, 0.4) is 0 Å². The van der Waals surface area contributed by atoms with E-state index in [1.54, 1.807) is 0 Å². The third-order valence-corrected chi connectivity index (χ3v) is 6.28. The van der Waals surface area contributed by atoms with E-state index in [0.717, 1.165) is 56.9 Å².